The van der Waals surface area contributed by atoms with E-state index in [1.54, 1.807) is 28.4 Å². The highest BCUT2D eigenvalue weighted by atomic mass is 32.2. The van der Waals surface area contributed by atoms with Crippen LogP contribution in [0.4, 0.5) is 0 Å². The average molecular weight is 425 g/mol. The molecule has 1 amide bonds. The summed E-state index contributed by atoms with van der Waals surface area (Å²) < 4.78 is 27.7. The van der Waals surface area contributed by atoms with Crippen molar-refractivity contribution >= 4 is 38.6 Å². The second-order valence-electron chi connectivity index (χ2n) is 6.65. The van der Waals surface area contributed by atoms with Crippen LogP contribution in [0, 0.1) is 12.8 Å². The van der Waals surface area contributed by atoms with Crippen molar-refractivity contribution in [1.29, 1.82) is 0 Å². The highest BCUT2D eigenvalue weighted by Gasteiger charge is 2.35. The zero-order valence-corrected chi connectivity index (χ0v) is 17.8. The molecule has 2 aromatic rings. The second-order valence-corrected chi connectivity index (χ2v) is 11.1. The summed E-state index contributed by atoms with van der Waals surface area (Å²) in [6.45, 7) is 7.36. The number of carbonyl (C=O) groups is 1. The molecule has 0 saturated carbocycles. The fraction of sp³-hybridized carbons (Fsp3) is 0.421. The van der Waals surface area contributed by atoms with E-state index in [1.807, 2.05) is 30.5 Å². The van der Waals surface area contributed by atoms with Crippen LogP contribution in [0.2, 0.25) is 0 Å². The molecule has 0 radical (unpaired) electrons. The normalized spacial score (nSPS) is 18.3. The first-order valence-corrected chi connectivity index (χ1v) is 12.0. The first-order chi connectivity index (χ1) is 12.9. The Morgan fingerprint density at radius 2 is 2.22 bits per heavy atom. The molecule has 2 aromatic heterocycles. The summed E-state index contributed by atoms with van der Waals surface area (Å²) in [6.07, 6.45) is 3.13. The number of hydrogen-bond donors (Lipinski definition) is 0. The molecular weight excluding hydrogens is 400 g/mol. The molecule has 27 heavy (non-hydrogen) atoms. The predicted molar refractivity (Wildman–Crippen MR) is 110 cm³/mol. The molecule has 5 nitrogen and oxygen atoms in total. The Morgan fingerprint density at radius 3 is 2.85 bits per heavy atom. The van der Waals surface area contributed by atoms with Gasteiger partial charge >= 0.3 is 0 Å². The molecule has 1 saturated heterocycles. The van der Waals surface area contributed by atoms with E-state index in [2.05, 4.69) is 6.58 Å². The van der Waals surface area contributed by atoms with E-state index in [0.29, 0.717) is 36.7 Å². The van der Waals surface area contributed by atoms with Crippen LogP contribution in [0.1, 0.15) is 22.6 Å². The number of thiophene rings is 2. The molecule has 1 atom stereocenters. The van der Waals surface area contributed by atoms with Gasteiger partial charge in [-0.1, -0.05) is 12.1 Å². The maximum absolute atomic E-state index is 13.1. The van der Waals surface area contributed by atoms with Crippen LogP contribution in [-0.2, 0) is 21.4 Å². The molecule has 146 valence electrons. The van der Waals surface area contributed by atoms with Gasteiger partial charge in [0.05, 0.1) is 12.5 Å². The third-order valence-electron chi connectivity index (χ3n) is 4.63. The summed E-state index contributed by atoms with van der Waals surface area (Å²) in [4.78, 5) is 16.9. The smallest absolute Gasteiger partial charge is 0.252 e. The topological polar surface area (TPSA) is 57.7 Å². The van der Waals surface area contributed by atoms with Crippen molar-refractivity contribution in [2.75, 3.05) is 19.6 Å². The summed E-state index contributed by atoms with van der Waals surface area (Å²) >= 11 is 2.89. The first-order valence-electron chi connectivity index (χ1n) is 8.90. The first kappa shape index (κ1) is 20.3. The molecule has 8 heteroatoms. The molecule has 1 aliphatic rings. The summed E-state index contributed by atoms with van der Waals surface area (Å²) in [6, 6.07) is 7.44. The third kappa shape index (κ3) is 4.68. The van der Waals surface area contributed by atoms with E-state index >= 15 is 0 Å². The molecule has 3 heterocycles. The van der Waals surface area contributed by atoms with Crippen molar-refractivity contribution < 1.29 is 13.2 Å². The van der Waals surface area contributed by atoms with Crippen molar-refractivity contribution in [2.45, 2.75) is 30.5 Å². The van der Waals surface area contributed by atoms with E-state index < -0.39 is 10.0 Å². The highest BCUT2D eigenvalue weighted by molar-refractivity contribution is 7.91. The summed E-state index contributed by atoms with van der Waals surface area (Å²) in [5.74, 6) is -0.306. The van der Waals surface area contributed by atoms with Gasteiger partial charge in [0.2, 0.25) is 5.91 Å². The SMILES string of the molecule is C=CCN(Cc1cccs1)C(=O)C1CCCN(S(=O)(=O)c2ccc(C)s2)C1. The lowest BCUT2D eigenvalue weighted by atomic mass is 9.98. The minimum absolute atomic E-state index is 0.00515. The Hall–Kier alpha value is -1.48. The number of hydrogen-bond acceptors (Lipinski definition) is 5. The number of nitrogens with zero attached hydrogens (tertiary/aromatic N) is 2. The fourth-order valence-corrected chi connectivity index (χ4v) is 6.96. The van der Waals surface area contributed by atoms with Crippen LogP contribution < -0.4 is 0 Å². The molecule has 0 bridgehead atoms. The molecule has 0 aliphatic carbocycles. The Balaban J connectivity index is 1.74. The van der Waals surface area contributed by atoms with Gasteiger partial charge in [0.25, 0.3) is 10.0 Å². The lowest BCUT2D eigenvalue weighted by molar-refractivity contribution is -0.136. The summed E-state index contributed by atoms with van der Waals surface area (Å²) in [5, 5.41) is 1.99. The number of rotatable bonds is 7. The van der Waals surface area contributed by atoms with Crippen LogP contribution in [0.25, 0.3) is 0 Å². The van der Waals surface area contributed by atoms with Crippen LogP contribution in [0.15, 0.2) is 46.5 Å². The maximum Gasteiger partial charge on any atom is 0.252 e. The average Bonchev–Trinajstić information content (AvgIpc) is 3.33. The van der Waals surface area contributed by atoms with Gasteiger partial charge in [0.1, 0.15) is 4.21 Å². The Labute approximate surface area is 169 Å². The molecule has 3 rings (SSSR count). The fourth-order valence-electron chi connectivity index (χ4n) is 3.28. The lowest BCUT2D eigenvalue weighted by Gasteiger charge is -2.33. The van der Waals surface area contributed by atoms with Crippen molar-refractivity contribution in [3.8, 4) is 0 Å². The second kappa shape index (κ2) is 8.68. The largest absolute Gasteiger partial charge is 0.334 e. The van der Waals surface area contributed by atoms with Crippen molar-refractivity contribution in [1.82, 2.24) is 9.21 Å². The monoisotopic (exact) mass is 424 g/mol. The number of amides is 1. The van der Waals surface area contributed by atoms with Gasteiger partial charge < -0.3 is 4.90 Å². The van der Waals surface area contributed by atoms with Crippen molar-refractivity contribution in [2.24, 2.45) is 5.92 Å². The van der Waals surface area contributed by atoms with E-state index in [0.717, 1.165) is 9.75 Å². The summed E-state index contributed by atoms with van der Waals surface area (Å²) in [7, 11) is -3.53. The maximum atomic E-state index is 13.1. The molecule has 0 N–H and O–H groups in total. The van der Waals surface area contributed by atoms with Crippen LogP contribution >= 0.6 is 22.7 Å². The highest BCUT2D eigenvalue weighted by Crippen LogP contribution is 2.29. The Kier molecular flexibility index (Phi) is 6.52. The molecule has 0 spiro atoms. The van der Waals surface area contributed by atoms with Gasteiger partial charge in [0.15, 0.2) is 0 Å². The molecule has 1 fully saturated rings. The van der Waals surface area contributed by atoms with E-state index in [9.17, 15) is 13.2 Å². The number of aryl methyl sites for hydroxylation is 1. The molecule has 1 unspecified atom stereocenters. The van der Waals surface area contributed by atoms with Gasteiger partial charge in [-0.05, 0) is 43.3 Å². The minimum Gasteiger partial charge on any atom is -0.334 e. The third-order valence-corrected chi connectivity index (χ3v) is 8.83. The molecular formula is C19H24N2O3S3. The molecule has 0 aromatic carbocycles. The number of sulfonamides is 1. The Morgan fingerprint density at radius 1 is 1.41 bits per heavy atom. The van der Waals surface area contributed by atoms with E-state index in [4.69, 9.17) is 0 Å². The van der Waals surface area contributed by atoms with Crippen molar-refractivity contribution in [3.63, 3.8) is 0 Å². The van der Waals surface area contributed by atoms with Crippen LogP contribution in [-0.4, -0.2) is 43.2 Å². The van der Waals surface area contributed by atoms with Crippen molar-refractivity contribution in [3.05, 3.63) is 52.1 Å². The van der Waals surface area contributed by atoms with Gasteiger partial charge in [-0.3, -0.25) is 4.79 Å². The standard InChI is InChI=1S/C19H24N2O3S3/c1-3-10-20(14-17-7-5-12-25-17)19(22)16-6-4-11-21(13-16)27(23,24)18-9-8-15(2)26-18/h3,5,7-9,12,16H,1,4,6,10-11,13-14H2,2H3. The minimum atomic E-state index is -3.53. The summed E-state index contributed by atoms with van der Waals surface area (Å²) in [5.41, 5.74) is 0. The zero-order chi connectivity index (χ0) is 19.4. The molecule has 1 aliphatic heterocycles. The van der Waals surface area contributed by atoms with Crippen LogP contribution in [0.5, 0.6) is 0 Å². The zero-order valence-electron chi connectivity index (χ0n) is 15.3. The quantitative estimate of drug-likeness (QED) is 0.636. The number of piperidine rings is 1. The predicted octanol–water partition coefficient (Wildman–Crippen LogP) is 3.73. The Bertz CT molecular complexity index is 887. The van der Waals surface area contributed by atoms with Crippen LogP contribution in [0.3, 0.4) is 0 Å². The lowest BCUT2D eigenvalue weighted by Crippen LogP contribution is -2.46. The van der Waals surface area contributed by atoms with Gasteiger partial charge in [0, 0.05) is 29.4 Å². The number of carbonyl (C=O) groups excluding carboxylic acids is 1. The van der Waals surface area contributed by atoms with Gasteiger partial charge in [-0.15, -0.1) is 29.3 Å². The van der Waals surface area contributed by atoms with Gasteiger partial charge in [-0.2, -0.15) is 4.31 Å². The van der Waals surface area contributed by atoms with E-state index in [1.165, 1.54) is 15.6 Å². The van der Waals surface area contributed by atoms with E-state index in [-0.39, 0.29) is 18.4 Å². The van der Waals surface area contributed by atoms with Gasteiger partial charge in [-0.25, -0.2) is 8.42 Å².